The molecule has 0 radical (unpaired) electrons. The summed E-state index contributed by atoms with van der Waals surface area (Å²) in [6.45, 7) is 5.36. The molecule has 1 saturated heterocycles. The van der Waals surface area contributed by atoms with Crippen molar-refractivity contribution in [2.75, 3.05) is 19.6 Å². The minimum absolute atomic E-state index is 0.0121. The molecule has 2 N–H and O–H groups in total. The van der Waals surface area contributed by atoms with E-state index in [1.54, 1.807) is 43.3 Å². The minimum atomic E-state index is -0.603. The SMILES string of the molecule is CC(C)NC(=O)C(=O)NCC1CCN(C(=O)c2cccnc2)CC1. The van der Waals surface area contributed by atoms with Gasteiger partial charge in [-0.15, -0.1) is 0 Å². The molecule has 0 aromatic carbocycles. The second-order valence-corrected chi connectivity index (χ2v) is 6.32. The summed E-state index contributed by atoms with van der Waals surface area (Å²) in [7, 11) is 0. The molecule has 0 aliphatic carbocycles. The molecule has 1 aromatic rings. The van der Waals surface area contributed by atoms with Crippen LogP contribution in [0.15, 0.2) is 24.5 Å². The number of hydrogen-bond acceptors (Lipinski definition) is 4. The van der Waals surface area contributed by atoms with E-state index >= 15 is 0 Å². The van der Waals surface area contributed by atoms with Crippen LogP contribution in [0.4, 0.5) is 0 Å². The van der Waals surface area contributed by atoms with E-state index in [4.69, 9.17) is 0 Å². The Kier molecular flexibility index (Phi) is 6.28. The topological polar surface area (TPSA) is 91.4 Å². The van der Waals surface area contributed by atoms with Gasteiger partial charge < -0.3 is 15.5 Å². The van der Waals surface area contributed by atoms with Gasteiger partial charge in [-0.2, -0.15) is 0 Å². The van der Waals surface area contributed by atoms with Gasteiger partial charge in [-0.3, -0.25) is 19.4 Å². The van der Waals surface area contributed by atoms with Gasteiger partial charge in [-0.05, 0) is 44.7 Å². The first-order valence-corrected chi connectivity index (χ1v) is 8.25. The smallest absolute Gasteiger partial charge is 0.309 e. The van der Waals surface area contributed by atoms with E-state index in [2.05, 4.69) is 15.6 Å². The third-order valence-corrected chi connectivity index (χ3v) is 3.99. The van der Waals surface area contributed by atoms with Gasteiger partial charge in [0.25, 0.3) is 5.91 Å². The molecule has 130 valence electrons. The molecule has 1 aliphatic heterocycles. The summed E-state index contributed by atoms with van der Waals surface area (Å²) in [5, 5.41) is 5.23. The van der Waals surface area contributed by atoms with Crippen LogP contribution in [0.1, 0.15) is 37.0 Å². The van der Waals surface area contributed by atoms with E-state index in [0.29, 0.717) is 25.2 Å². The fourth-order valence-electron chi connectivity index (χ4n) is 2.66. The second-order valence-electron chi connectivity index (χ2n) is 6.32. The van der Waals surface area contributed by atoms with Gasteiger partial charge in [0.15, 0.2) is 0 Å². The summed E-state index contributed by atoms with van der Waals surface area (Å²) < 4.78 is 0. The first-order chi connectivity index (χ1) is 11.5. The zero-order valence-corrected chi connectivity index (χ0v) is 14.1. The Morgan fingerprint density at radius 3 is 2.54 bits per heavy atom. The van der Waals surface area contributed by atoms with Gasteiger partial charge in [-0.25, -0.2) is 0 Å². The molecule has 0 saturated carbocycles. The maximum absolute atomic E-state index is 12.3. The van der Waals surface area contributed by atoms with Crippen molar-refractivity contribution in [1.82, 2.24) is 20.5 Å². The molecule has 1 fully saturated rings. The highest BCUT2D eigenvalue weighted by molar-refractivity contribution is 6.35. The minimum Gasteiger partial charge on any atom is -0.348 e. The summed E-state index contributed by atoms with van der Waals surface area (Å²) in [5.74, 6) is -0.938. The Hall–Kier alpha value is -2.44. The molecule has 1 aliphatic rings. The number of aromatic nitrogens is 1. The van der Waals surface area contributed by atoms with Crippen LogP contribution in [0.5, 0.6) is 0 Å². The molecular weight excluding hydrogens is 308 g/mol. The Labute approximate surface area is 141 Å². The summed E-state index contributed by atoms with van der Waals surface area (Å²) in [5.41, 5.74) is 0.592. The molecule has 3 amide bonds. The van der Waals surface area contributed by atoms with Crippen molar-refractivity contribution in [2.24, 2.45) is 5.92 Å². The fraction of sp³-hybridized carbons (Fsp3) is 0.529. The molecule has 1 aromatic heterocycles. The molecular formula is C17H24N4O3. The van der Waals surface area contributed by atoms with E-state index in [-0.39, 0.29) is 17.9 Å². The van der Waals surface area contributed by atoms with Crippen molar-refractivity contribution in [3.63, 3.8) is 0 Å². The average molecular weight is 332 g/mol. The first kappa shape index (κ1) is 17.9. The van der Waals surface area contributed by atoms with Gasteiger partial charge in [0.2, 0.25) is 0 Å². The molecule has 7 heteroatoms. The van der Waals surface area contributed by atoms with Crippen LogP contribution in [-0.2, 0) is 9.59 Å². The van der Waals surface area contributed by atoms with Gasteiger partial charge in [0, 0.05) is 38.1 Å². The van der Waals surface area contributed by atoms with Crippen LogP contribution in [-0.4, -0.2) is 53.3 Å². The summed E-state index contributed by atoms with van der Waals surface area (Å²) in [6.07, 6.45) is 4.82. The maximum Gasteiger partial charge on any atom is 0.309 e. The van der Waals surface area contributed by atoms with Crippen LogP contribution in [0.25, 0.3) is 0 Å². The molecule has 24 heavy (non-hydrogen) atoms. The first-order valence-electron chi connectivity index (χ1n) is 8.25. The molecule has 2 heterocycles. The van der Waals surface area contributed by atoms with Crippen molar-refractivity contribution in [3.05, 3.63) is 30.1 Å². The van der Waals surface area contributed by atoms with E-state index in [9.17, 15) is 14.4 Å². The maximum atomic E-state index is 12.3. The normalized spacial score (nSPS) is 15.2. The molecule has 0 spiro atoms. The highest BCUT2D eigenvalue weighted by Crippen LogP contribution is 2.18. The molecule has 0 unspecified atom stereocenters. The monoisotopic (exact) mass is 332 g/mol. The molecule has 0 bridgehead atoms. The van der Waals surface area contributed by atoms with E-state index in [1.165, 1.54) is 0 Å². The zero-order chi connectivity index (χ0) is 17.5. The number of carbonyl (C=O) groups is 3. The number of likely N-dealkylation sites (tertiary alicyclic amines) is 1. The summed E-state index contributed by atoms with van der Waals surface area (Å²) in [4.78, 5) is 41.3. The number of carbonyl (C=O) groups excluding carboxylic acids is 3. The number of pyridine rings is 1. The highest BCUT2D eigenvalue weighted by Gasteiger charge is 2.24. The van der Waals surface area contributed by atoms with Crippen LogP contribution in [0.3, 0.4) is 0 Å². The van der Waals surface area contributed by atoms with E-state index in [0.717, 1.165) is 12.8 Å². The number of rotatable bonds is 4. The Bertz CT molecular complexity index is 581. The van der Waals surface area contributed by atoms with Crippen molar-refractivity contribution in [2.45, 2.75) is 32.7 Å². The lowest BCUT2D eigenvalue weighted by Crippen LogP contribution is -2.46. The van der Waals surface area contributed by atoms with E-state index < -0.39 is 11.8 Å². The van der Waals surface area contributed by atoms with Gasteiger partial charge >= 0.3 is 11.8 Å². The van der Waals surface area contributed by atoms with Crippen molar-refractivity contribution < 1.29 is 14.4 Å². The van der Waals surface area contributed by atoms with Gasteiger partial charge in [0.05, 0.1) is 5.56 Å². The third-order valence-electron chi connectivity index (χ3n) is 3.99. The number of amides is 3. The van der Waals surface area contributed by atoms with Crippen LogP contribution in [0, 0.1) is 5.92 Å². The fourth-order valence-corrected chi connectivity index (χ4v) is 2.66. The molecule has 2 rings (SSSR count). The summed E-state index contributed by atoms with van der Waals surface area (Å²) >= 11 is 0. The Balaban J connectivity index is 1.74. The lowest BCUT2D eigenvalue weighted by atomic mass is 9.96. The Morgan fingerprint density at radius 2 is 1.96 bits per heavy atom. The van der Waals surface area contributed by atoms with Crippen molar-refractivity contribution >= 4 is 17.7 Å². The van der Waals surface area contributed by atoms with Crippen molar-refractivity contribution in [3.8, 4) is 0 Å². The molecule has 7 nitrogen and oxygen atoms in total. The molecule has 0 atom stereocenters. The zero-order valence-electron chi connectivity index (χ0n) is 14.1. The van der Waals surface area contributed by atoms with Crippen LogP contribution < -0.4 is 10.6 Å². The van der Waals surface area contributed by atoms with Crippen LogP contribution >= 0.6 is 0 Å². The van der Waals surface area contributed by atoms with Crippen LogP contribution in [0.2, 0.25) is 0 Å². The van der Waals surface area contributed by atoms with Crippen molar-refractivity contribution in [1.29, 1.82) is 0 Å². The quantitative estimate of drug-likeness (QED) is 0.789. The number of piperidine rings is 1. The number of nitrogens with zero attached hydrogens (tertiary/aromatic N) is 2. The van der Waals surface area contributed by atoms with Gasteiger partial charge in [-0.1, -0.05) is 0 Å². The summed E-state index contributed by atoms with van der Waals surface area (Å²) in [6, 6.07) is 3.44. The number of hydrogen-bond donors (Lipinski definition) is 2. The lowest BCUT2D eigenvalue weighted by molar-refractivity contribution is -0.139. The van der Waals surface area contributed by atoms with Gasteiger partial charge in [0.1, 0.15) is 0 Å². The largest absolute Gasteiger partial charge is 0.348 e. The third kappa shape index (κ3) is 5.04. The predicted molar refractivity (Wildman–Crippen MR) is 89.2 cm³/mol. The Morgan fingerprint density at radius 1 is 1.25 bits per heavy atom. The second kappa shape index (κ2) is 8.42. The number of nitrogens with one attached hydrogen (secondary N) is 2. The van der Waals surface area contributed by atoms with E-state index in [1.807, 2.05) is 0 Å². The standard InChI is InChI=1S/C17H24N4O3/c1-12(2)20-16(23)15(22)19-10-13-5-8-21(9-6-13)17(24)14-4-3-7-18-11-14/h3-4,7,11-13H,5-6,8-10H2,1-2H3,(H,19,22)(H,20,23). The predicted octanol–water partition coefficient (Wildman–Crippen LogP) is 0.575. The highest BCUT2D eigenvalue weighted by atomic mass is 16.2. The lowest BCUT2D eigenvalue weighted by Gasteiger charge is -2.32. The average Bonchev–Trinajstić information content (AvgIpc) is 2.59.